The maximum absolute atomic E-state index is 13.0. The van der Waals surface area contributed by atoms with Crippen LogP contribution in [0.5, 0.6) is 0 Å². The fourth-order valence-electron chi connectivity index (χ4n) is 1.26. The minimum Gasteiger partial charge on any atom is -0.388 e. The minimum atomic E-state index is -5.58. The lowest BCUT2D eigenvalue weighted by atomic mass is 10.0. The number of hydrogen-bond acceptors (Lipinski definition) is 1. The Kier molecular flexibility index (Phi) is 3.37. The molecule has 0 spiro atoms. The largest absolute Gasteiger partial charge is 0.422 e. The van der Waals surface area contributed by atoms with Crippen LogP contribution in [0.1, 0.15) is 24.2 Å². The molecule has 0 aliphatic rings. The van der Waals surface area contributed by atoms with E-state index in [-0.39, 0.29) is 0 Å². The zero-order chi connectivity index (χ0) is 13.5. The van der Waals surface area contributed by atoms with Crippen LogP contribution in [0, 0.1) is 23.3 Å². The van der Waals surface area contributed by atoms with E-state index in [1.54, 1.807) is 0 Å². The Morgan fingerprint density at radius 3 is 1.47 bits per heavy atom. The highest BCUT2D eigenvalue weighted by Gasteiger charge is 2.42. The third-order valence-corrected chi connectivity index (χ3v) is 2.00. The third-order valence-electron chi connectivity index (χ3n) is 2.00. The van der Waals surface area contributed by atoms with Crippen LogP contribution in [0.3, 0.4) is 0 Å². The van der Waals surface area contributed by atoms with Gasteiger partial charge in [0.2, 0.25) is 0 Å². The van der Waals surface area contributed by atoms with Gasteiger partial charge in [-0.1, -0.05) is 0 Å². The van der Waals surface area contributed by atoms with Crippen molar-refractivity contribution in [3.05, 3.63) is 34.4 Å². The SMILES string of the molecule is CC(O)c1c(F)c(F)c(C(F)(F)F)c(F)c1F. The number of aliphatic hydroxyl groups is 1. The van der Waals surface area contributed by atoms with E-state index in [2.05, 4.69) is 0 Å². The number of alkyl halides is 3. The van der Waals surface area contributed by atoms with Gasteiger partial charge < -0.3 is 5.11 Å². The van der Waals surface area contributed by atoms with E-state index >= 15 is 0 Å². The molecule has 0 aliphatic heterocycles. The average molecular weight is 262 g/mol. The summed E-state index contributed by atoms with van der Waals surface area (Å²) in [6, 6.07) is 0. The molecule has 1 aromatic carbocycles. The van der Waals surface area contributed by atoms with Crippen molar-refractivity contribution in [3.63, 3.8) is 0 Å². The van der Waals surface area contributed by atoms with Crippen molar-refractivity contribution in [2.24, 2.45) is 0 Å². The molecule has 0 saturated heterocycles. The van der Waals surface area contributed by atoms with E-state index in [0.29, 0.717) is 0 Å². The molecule has 0 heterocycles. The Morgan fingerprint density at radius 1 is 0.882 bits per heavy atom. The highest BCUT2D eigenvalue weighted by molar-refractivity contribution is 5.32. The smallest absolute Gasteiger partial charge is 0.388 e. The van der Waals surface area contributed by atoms with Crippen molar-refractivity contribution in [1.29, 1.82) is 0 Å². The maximum Gasteiger partial charge on any atom is 0.422 e. The van der Waals surface area contributed by atoms with Crippen molar-refractivity contribution in [1.82, 2.24) is 0 Å². The van der Waals surface area contributed by atoms with Gasteiger partial charge in [0.1, 0.15) is 5.56 Å². The molecule has 1 unspecified atom stereocenters. The number of aliphatic hydroxyl groups excluding tert-OH is 1. The van der Waals surface area contributed by atoms with Crippen LogP contribution in [-0.2, 0) is 6.18 Å². The molecule has 0 fully saturated rings. The summed E-state index contributed by atoms with van der Waals surface area (Å²) < 4.78 is 88.4. The Bertz CT molecular complexity index is 421. The zero-order valence-corrected chi connectivity index (χ0v) is 8.17. The topological polar surface area (TPSA) is 20.2 Å². The first-order valence-electron chi connectivity index (χ1n) is 4.20. The fourth-order valence-corrected chi connectivity index (χ4v) is 1.26. The summed E-state index contributed by atoms with van der Waals surface area (Å²) in [5.41, 5.74) is -4.13. The van der Waals surface area contributed by atoms with Gasteiger partial charge in [0, 0.05) is 0 Å². The number of halogens is 7. The summed E-state index contributed by atoms with van der Waals surface area (Å²) in [4.78, 5) is 0. The summed E-state index contributed by atoms with van der Waals surface area (Å²) in [6.45, 7) is 0.758. The first-order valence-corrected chi connectivity index (χ1v) is 4.20. The normalized spacial score (nSPS) is 13.9. The molecule has 1 rings (SSSR count). The molecule has 1 aromatic rings. The predicted octanol–water partition coefficient (Wildman–Crippen LogP) is 3.32. The maximum atomic E-state index is 13.0. The van der Waals surface area contributed by atoms with Crippen LogP contribution >= 0.6 is 0 Å². The van der Waals surface area contributed by atoms with E-state index < -0.39 is 46.7 Å². The molecular weight excluding hydrogens is 257 g/mol. The number of rotatable bonds is 1. The second kappa shape index (κ2) is 4.17. The second-order valence-electron chi connectivity index (χ2n) is 3.22. The van der Waals surface area contributed by atoms with E-state index in [0.717, 1.165) is 6.92 Å². The molecule has 1 N–H and O–H groups in total. The average Bonchev–Trinajstić information content (AvgIpc) is 2.12. The van der Waals surface area contributed by atoms with Crippen LogP contribution in [0.4, 0.5) is 30.7 Å². The number of hydrogen-bond donors (Lipinski definition) is 1. The van der Waals surface area contributed by atoms with Gasteiger partial charge >= 0.3 is 6.18 Å². The first-order chi connectivity index (χ1) is 7.59. The summed E-state index contributed by atoms with van der Waals surface area (Å²) in [5, 5.41) is 8.83. The molecule has 17 heavy (non-hydrogen) atoms. The van der Waals surface area contributed by atoms with Gasteiger partial charge in [-0.05, 0) is 6.92 Å². The molecule has 96 valence electrons. The number of benzene rings is 1. The lowest BCUT2D eigenvalue weighted by Crippen LogP contribution is -2.18. The molecular formula is C9H5F7O. The van der Waals surface area contributed by atoms with Crippen LogP contribution in [-0.4, -0.2) is 5.11 Å². The standard InChI is InChI=1S/C9H5F7O/c1-2(17)3-5(10)7(12)4(9(14,15)16)8(13)6(3)11/h2,17H,1H3. The fraction of sp³-hybridized carbons (Fsp3) is 0.333. The Labute approximate surface area is 90.5 Å². The zero-order valence-electron chi connectivity index (χ0n) is 8.17. The first kappa shape index (κ1) is 13.8. The molecule has 0 amide bonds. The highest BCUT2D eigenvalue weighted by Crippen LogP contribution is 2.38. The van der Waals surface area contributed by atoms with E-state index in [1.807, 2.05) is 0 Å². The molecule has 0 radical (unpaired) electrons. The van der Waals surface area contributed by atoms with Crippen molar-refractivity contribution < 1.29 is 35.8 Å². The molecule has 8 heteroatoms. The summed E-state index contributed by atoms with van der Waals surface area (Å²) in [6.07, 6.45) is -7.56. The van der Waals surface area contributed by atoms with Crippen molar-refractivity contribution in [2.75, 3.05) is 0 Å². The summed E-state index contributed by atoms with van der Waals surface area (Å²) >= 11 is 0. The Balaban J connectivity index is 3.71. The van der Waals surface area contributed by atoms with Gasteiger partial charge in [-0.3, -0.25) is 0 Å². The van der Waals surface area contributed by atoms with E-state index in [9.17, 15) is 30.7 Å². The van der Waals surface area contributed by atoms with Crippen molar-refractivity contribution in [2.45, 2.75) is 19.2 Å². The molecule has 0 bridgehead atoms. The molecule has 0 aliphatic carbocycles. The third kappa shape index (κ3) is 2.21. The molecule has 1 nitrogen and oxygen atoms in total. The van der Waals surface area contributed by atoms with Gasteiger partial charge in [0.15, 0.2) is 23.3 Å². The van der Waals surface area contributed by atoms with Crippen LogP contribution < -0.4 is 0 Å². The quantitative estimate of drug-likeness (QED) is 0.608. The Morgan fingerprint density at radius 2 is 1.24 bits per heavy atom. The summed E-state index contributed by atoms with van der Waals surface area (Å²) in [5.74, 6) is -9.67. The van der Waals surface area contributed by atoms with Crippen molar-refractivity contribution >= 4 is 0 Å². The van der Waals surface area contributed by atoms with Gasteiger partial charge in [0.05, 0.1) is 11.7 Å². The van der Waals surface area contributed by atoms with Gasteiger partial charge in [-0.15, -0.1) is 0 Å². The van der Waals surface area contributed by atoms with Crippen LogP contribution in [0.15, 0.2) is 0 Å². The minimum absolute atomic E-state index is 0.758. The van der Waals surface area contributed by atoms with Crippen LogP contribution in [0.25, 0.3) is 0 Å². The van der Waals surface area contributed by atoms with Gasteiger partial charge in [-0.2, -0.15) is 13.2 Å². The van der Waals surface area contributed by atoms with E-state index in [4.69, 9.17) is 5.11 Å². The monoisotopic (exact) mass is 262 g/mol. The lowest BCUT2D eigenvalue weighted by molar-refractivity contribution is -0.143. The second-order valence-corrected chi connectivity index (χ2v) is 3.22. The summed E-state index contributed by atoms with van der Waals surface area (Å²) in [7, 11) is 0. The molecule has 0 aromatic heterocycles. The van der Waals surface area contributed by atoms with Gasteiger partial charge in [0.25, 0.3) is 0 Å². The molecule has 0 saturated carbocycles. The van der Waals surface area contributed by atoms with E-state index in [1.165, 1.54) is 0 Å². The highest BCUT2D eigenvalue weighted by atomic mass is 19.4. The van der Waals surface area contributed by atoms with Crippen molar-refractivity contribution in [3.8, 4) is 0 Å². The lowest BCUT2D eigenvalue weighted by Gasteiger charge is -2.15. The predicted molar refractivity (Wildman–Crippen MR) is 41.9 cm³/mol. The van der Waals surface area contributed by atoms with Gasteiger partial charge in [-0.25, -0.2) is 17.6 Å². The molecule has 1 atom stereocenters. The van der Waals surface area contributed by atoms with Crippen LogP contribution in [0.2, 0.25) is 0 Å². The Hall–Kier alpha value is -1.31.